The monoisotopic (exact) mass is 501 g/mol. The van der Waals surface area contributed by atoms with Gasteiger partial charge < -0.3 is 0 Å². The standard InChI is InChI=1S/C24H53N7P2/c1-5-26(6-2)32(28-17-9-10-18-28,29-19-11-12-20-29)25-33(27(7-3)8-4,30-21-13-14-22-30)31-23-15-16-24-31/h32H,5-24H2,1-4H3. The first-order valence-electron chi connectivity index (χ1n) is 14.3. The van der Waals surface area contributed by atoms with E-state index in [1.165, 1.54) is 104 Å². The topological polar surface area (TPSA) is 31.8 Å². The van der Waals surface area contributed by atoms with Crippen LogP contribution >= 0.6 is 15.4 Å². The van der Waals surface area contributed by atoms with E-state index in [-0.39, 0.29) is 0 Å². The SMILES string of the molecule is CCN(CC)P(=N[PH](N(CC)CC)(N1CCCC1)N1CCCC1)(N1CCCC1)N1CCCC1. The molecule has 0 aliphatic carbocycles. The molecule has 0 aromatic heterocycles. The summed E-state index contributed by atoms with van der Waals surface area (Å²) in [4.78, 5) is 0. The Kier molecular flexibility index (Phi) is 9.71. The second kappa shape index (κ2) is 12.1. The van der Waals surface area contributed by atoms with Crippen molar-refractivity contribution in [3.63, 3.8) is 0 Å². The Labute approximate surface area is 205 Å². The van der Waals surface area contributed by atoms with Gasteiger partial charge in [0.25, 0.3) is 0 Å². The van der Waals surface area contributed by atoms with Crippen LogP contribution in [0.2, 0.25) is 0 Å². The quantitative estimate of drug-likeness (QED) is 0.352. The van der Waals surface area contributed by atoms with Gasteiger partial charge in [-0.3, -0.25) is 0 Å². The Hall–Kier alpha value is 0.420. The number of hydrogen-bond acceptors (Lipinski definition) is 4. The Morgan fingerprint density at radius 3 is 1.27 bits per heavy atom. The van der Waals surface area contributed by atoms with Crippen molar-refractivity contribution in [2.45, 2.75) is 79.1 Å². The predicted octanol–water partition coefficient (Wildman–Crippen LogP) is 5.41. The van der Waals surface area contributed by atoms with E-state index in [1.54, 1.807) is 0 Å². The fraction of sp³-hybridized carbons (Fsp3) is 1.00. The molecular weight excluding hydrogens is 448 g/mol. The van der Waals surface area contributed by atoms with Crippen molar-refractivity contribution < 1.29 is 0 Å². The number of rotatable bonds is 11. The van der Waals surface area contributed by atoms with Crippen LogP contribution in [0.15, 0.2) is 4.52 Å². The zero-order valence-electron chi connectivity index (χ0n) is 22.2. The fourth-order valence-corrected chi connectivity index (χ4v) is 18.7. The molecule has 0 aromatic carbocycles. The molecule has 0 bridgehead atoms. The van der Waals surface area contributed by atoms with Crippen LogP contribution in [0.1, 0.15) is 79.1 Å². The third-order valence-corrected chi connectivity index (χ3v) is 18.4. The van der Waals surface area contributed by atoms with Gasteiger partial charge >= 0.3 is 206 Å². The van der Waals surface area contributed by atoms with Gasteiger partial charge in [-0.2, -0.15) is 0 Å². The van der Waals surface area contributed by atoms with E-state index in [4.69, 9.17) is 4.52 Å². The minimum atomic E-state index is -2.38. The molecule has 4 saturated heterocycles. The maximum atomic E-state index is 6.56. The average molecular weight is 502 g/mol. The summed E-state index contributed by atoms with van der Waals surface area (Å²) in [6.07, 6.45) is 10.8. The van der Waals surface area contributed by atoms with Crippen molar-refractivity contribution in [1.82, 2.24) is 28.0 Å². The zero-order valence-corrected chi connectivity index (χ0v) is 24.1. The van der Waals surface area contributed by atoms with Crippen LogP contribution in [0.25, 0.3) is 0 Å². The Morgan fingerprint density at radius 2 is 0.939 bits per heavy atom. The third kappa shape index (κ3) is 4.88. The molecule has 0 unspecified atom stereocenters. The summed E-state index contributed by atoms with van der Waals surface area (Å²) in [5, 5.41) is 0. The first kappa shape index (κ1) is 26.5. The summed E-state index contributed by atoms with van der Waals surface area (Å²) in [5.41, 5.74) is 0. The summed E-state index contributed by atoms with van der Waals surface area (Å²) in [6, 6.07) is 0. The molecule has 4 fully saturated rings. The van der Waals surface area contributed by atoms with Gasteiger partial charge in [-0.05, 0) is 0 Å². The van der Waals surface area contributed by atoms with Crippen LogP contribution in [-0.2, 0) is 0 Å². The summed E-state index contributed by atoms with van der Waals surface area (Å²) in [6.45, 7) is 24.0. The van der Waals surface area contributed by atoms with Gasteiger partial charge in [-0.15, -0.1) is 0 Å². The van der Waals surface area contributed by atoms with Crippen LogP contribution < -0.4 is 0 Å². The van der Waals surface area contributed by atoms with Crippen molar-refractivity contribution >= 4 is 15.4 Å². The summed E-state index contributed by atoms with van der Waals surface area (Å²) >= 11 is 0. The van der Waals surface area contributed by atoms with Gasteiger partial charge in [-0.25, -0.2) is 0 Å². The second-order valence-corrected chi connectivity index (χ2v) is 16.9. The molecule has 9 heteroatoms. The van der Waals surface area contributed by atoms with Crippen LogP contribution in [0.3, 0.4) is 0 Å². The second-order valence-electron chi connectivity index (χ2n) is 10.3. The maximum absolute atomic E-state index is 6.56. The summed E-state index contributed by atoms with van der Waals surface area (Å²) in [5.74, 6) is 0. The average Bonchev–Trinajstić information content (AvgIpc) is 3.67. The first-order valence-corrected chi connectivity index (χ1v) is 17.7. The molecule has 0 aromatic rings. The molecule has 0 saturated carbocycles. The molecule has 33 heavy (non-hydrogen) atoms. The molecule has 4 aliphatic heterocycles. The summed E-state index contributed by atoms with van der Waals surface area (Å²) in [7, 11) is -4.32. The van der Waals surface area contributed by atoms with Gasteiger partial charge in [0, 0.05) is 0 Å². The van der Waals surface area contributed by atoms with E-state index in [2.05, 4.69) is 55.7 Å². The number of hydrogen-bond donors (Lipinski definition) is 0. The van der Waals surface area contributed by atoms with Crippen molar-refractivity contribution in [3.05, 3.63) is 0 Å². The summed E-state index contributed by atoms with van der Waals surface area (Å²) < 4.78 is 24.0. The van der Waals surface area contributed by atoms with E-state index in [9.17, 15) is 0 Å². The normalized spacial score (nSPS) is 25.3. The van der Waals surface area contributed by atoms with Crippen molar-refractivity contribution in [3.8, 4) is 0 Å². The van der Waals surface area contributed by atoms with E-state index in [0.717, 1.165) is 26.2 Å². The van der Waals surface area contributed by atoms with E-state index in [0.29, 0.717) is 0 Å². The van der Waals surface area contributed by atoms with Crippen molar-refractivity contribution in [2.24, 2.45) is 4.52 Å². The van der Waals surface area contributed by atoms with Crippen LogP contribution in [0, 0.1) is 0 Å². The van der Waals surface area contributed by atoms with Gasteiger partial charge in [-0.1, -0.05) is 0 Å². The Bertz CT molecular complexity index is 593. The zero-order chi connectivity index (χ0) is 23.3. The number of nitrogens with zero attached hydrogens (tertiary/aromatic N) is 7. The molecule has 4 rings (SSSR count). The van der Waals surface area contributed by atoms with Gasteiger partial charge in [0.15, 0.2) is 0 Å². The van der Waals surface area contributed by atoms with E-state index < -0.39 is 15.4 Å². The van der Waals surface area contributed by atoms with Gasteiger partial charge in [0.1, 0.15) is 0 Å². The van der Waals surface area contributed by atoms with Crippen LogP contribution in [0.4, 0.5) is 0 Å². The molecule has 0 radical (unpaired) electrons. The predicted molar refractivity (Wildman–Crippen MR) is 147 cm³/mol. The van der Waals surface area contributed by atoms with Crippen LogP contribution in [0.5, 0.6) is 0 Å². The van der Waals surface area contributed by atoms with E-state index >= 15 is 0 Å². The first-order chi connectivity index (χ1) is 16.2. The fourth-order valence-electron chi connectivity index (χ4n) is 6.92. The minimum absolute atomic E-state index is 1.11. The molecule has 194 valence electrons. The molecular formula is C24H53N7P2. The molecule has 4 heterocycles. The Morgan fingerprint density at radius 1 is 0.576 bits per heavy atom. The van der Waals surface area contributed by atoms with Crippen molar-refractivity contribution in [2.75, 3.05) is 78.5 Å². The Balaban J connectivity index is 1.99. The molecule has 4 aliphatic rings. The third-order valence-electron chi connectivity index (χ3n) is 8.55. The molecule has 7 nitrogen and oxygen atoms in total. The molecule has 0 spiro atoms. The molecule has 0 atom stereocenters. The molecule has 0 amide bonds. The molecule has 0 N–H and O–H groups in total. The van der Waals surface area contributed by atoms with Crippen molar-refractivity contribution in [1.29, 1.82) is 0 Å². The van der Waals surface area contributed by atoms with Gasteiger partial charge in [0.2, 0.25) is 0 Å². The van der Waals surface area contributed by atoms with Gasteiger partial charge in [0.05, 0.1) is 0 Å². The van der Waals surface area contributed by atoms with E-state index in [1.807, 2.05) is 0 Å². The van der Waals surface area contributed by atoms with Crippen LogP contribution in [-0.4, -0.2) is 107 Å².